The molecule has 1 rings (SSSR count). The summed E-state index contributed by atoms with van der Waals surface area (Å²) in [7, 11) is 0. The fourth-order valence-electron chi connectivity index (χ4n) is 0.990. The molecular weight excluding hydrogens is 136 g/mol. The summed E-state index contributed by atoms with van der Waals surface area (Å²) in [4.78, 5) is 0. The van der Waals surface area contributed by atoms with Gasteiger partial charge in [-0.2, -0.15) is 0 Å². The van der Waals surface area contributed by atoms with Crippen LogP contribution in [0.5, 0.6) is 0 Å². The van der Waals surface area contributed by atoms with Crippen molar-refractivity contribution in [1.82, 2.24) is 5.73 Å². The highest BCUT2D eigenvalue weighted by Crippen LogP contribution is 2.03. The van der Waals surface area contributed by atoms with Crippen LogP contribution in [0, 0.1) is 0 Å². The lowest BCUT2D eigenvalue weighted by Gasteiger charge is -1.99. The first-order valence-electron chi connectivity index (χ1n) is 3.79. The standard InChI is InChI=1S/C9H13N2/c10-6-5-8-1-3-9(7-11)4-2-8/h1-4,11H,5-7,10H2. The van der Waals surface area contributed by atoms with E-state index in [4.69, 9.17) is 11.5 Å². The molecule has 0 fully saturated rings. The molecule has 0 unspecified atom stereocenters. The van der Waals surface area contributed by atoms with Gasteiger partial charge < -0.3 is 5.73 Å². The van der Waals surface area contributed by atoms with Crippen LogP contribution >= 0.6 is 0 Å². The van der Waals surface area contributed by atoms with Crippen molar-refractivity contribution in [3.63, 3.8) is 0 Å². The van der Waals surface area contributed by atoms with Gasteiger partial charge in [-0.15, -0.1) is 0 Å². The van der Waals surface area contributed by atoms with Crippen molar-refractivity contribution in [2.45, 2.75) is 13.0 Å². The van der Waals surface area contributed by atoms with Crippen LogP contribution in [-0.4, -0.2) is 6.54 Å². The van der Waals surface area contributed by atoms with Crippen LogP contribution < -0.4 is 11.5 Å². The van der Waals surface area contributed by atoms with Gasteiger partial charge in [0.25, 0.3) is 0 Å². The summed E-state index contributed by atoms with van der Waals surface area (Å²) in [5, 5.41) is 0. The SMILES string of the molecule is [NH]Cc1ccc(CCN)cc1. The monoisotopic (exact) mass is 149 g/mol. The van der Waals surface area contributed by atoms with E-state index in [-0.39, 0.29) is 0 Å². The van der Waals surface area contributed by atoms with E-state index in [9.17, 15) is 0 Å². The van der Waals surface area contributed by atoms with Gasteiger partial charge in [-0.1, -0.05) is 24.3 Å². The minimum atomic E-state index is 0.364. The highest BCUT2D eigenvalue weighted by atomic mass is 14.5. The molecule has 1 aromatic rings. The lowest BCUT2D eigenvalue weighted by molar-refractivity contribution is 0.961. The smallest absolute Gasteiger partial charge is 0.0351 e. The Balaban J connectivity index is 2.66. The average molecular weight is 149 g/mol. The second-order valence-corrected chi connectivity index (χ2v) is 2.53. The lowest BCUT2D eigenvalue weighted by atomic mass is 10.1. The summed E-state index contributed by atoms with van der Waals surface area (Å²) >= 11 is 0. The van der Waals surface area contributed by atoms with Gasteiger partial charge in [0.05, 0.1) is 0 Å². The summed E-state index contributed by atoms with van der Waals surface area (Å²) in [6.07, 6.45) is 0.929. The van der Waals surface area contributed by atoms with Crippen LogP contribution in [0.3, 0.4) is 0 Å². The first-order valence-corrected chi connectivity index (χ1v) is 3.79. The summed E-state index contributed by atoms with van der Waals surface area (Å²) in [6.45, 7) is 1.06. The van der Waals surface area contributed by atoms with Gasteiger partial charge in [0.15, 0.2) is 0 Å². The molecular formula is C9H13N2. The molecule has 0 saturated carbocycles. The zero-order chi connectivity index (χ0) is 8.10. The Morgan fingerprint density at radius 3 is 2.09 bits per heavy atom. The molecule has 1 aromatic carbocycles. The van der Waals surface area contributed by atoms with Gasteiger partial charge in [-0.3, -0.25) is 5.73 Å². The quantitative estimate of drug-likeness (QED) is 0.684. The Bertz CT molecular complexity index is 203. The molecule has 0 amide bonds. The van der Waals surface area contributed by atoms with Crippen LogP contribution in [0.2, 0.25) is 0 Å². The van der Waals surface area contributed by atoms with E-state index in [1.54, 1.807) is 0 Å². The van der Waals surface area contributed by atoms with Crippen molar-refractivity contribution < 1.29 is 0 Å². The fourth-order valence-corrected chi connectivity index (χ4v) is 0.990. The van der Waals surface area contributed by atoms with E-state index in [0.29, 0.717) is 13.1 Å². The number of nitrogens with two attached hydrogens (primary N) is 1. The molecule has 0 aliphatic carbocycles. The molecule has 2 nitrogen and oxygen atoms in total. The zero-order valence-electron chi connectivity index (χ0n) is 6.51. The summed E-state index contributed by atoms with van der Waals surface area (Å²) in [6, 6.07) is 8.05. The maximum Gasteiger partial charge on any atom is 0.0351 e. The predicted molar refractivity (Wildman–Crippen MR) is 46.0 cm³/mol. The van der Waals surface area contributed by atoms with Crippen molar-refractivity contribution in [1.29, 1.82) is 0 Å². The maximum absolute atomic E-state index is 7.09. The van der Waals surface area contributed by atoms with E-state index in [0.717, 1.165) is 12.0 Å². The highest BCUT2D eigenvalue weighted by molar-refractivity contribution is 5.22. The summed E-state index contributed by atoms with van der Waals surface area (Å²) < 4.78 is 0. The van der Waals surface area contributed by atoms with Gasteiger partial charge in [0.2, 0.25) is 0 Å². The molecule has 59 valence electrons. The second kappa shape index (κ2) is 4.11. The van der Waals surface area contributed by atoms with Crippen molar-refractivity contribution in [2.24, 2.45) is 5.73 Å². The third-order valence-corrected chi connectivity index (χ3v) is 1.66. The number of rotatable bonds is 3. The lowest BCUT2D eigenvalue weighted by Crippen LogP contribution is -2.02. The number of hydrogen-bond acceptors (Lipinski definition) is 1. The third-order valence-electron chi connectivity index (χ3n) is 1.66. The molecule has 11 heavy (non-hydrogen) atoms. The topological polar surface area (TPSA) is 49.8 Å². The van der Waals surface area contributed by atoms with Crippen LogP contribution in [0.1, 0.15) is 11.1 Å². The Kier molecular flexibility index (Phi) is 3.08. The molecule has 3 N–H and O–H groups in total. The largest absolute Gasteiger partial charge is 0.330 e. The Labute approximate surface area is 67.2 Å². The van der Waals surface area contributed by atoms with Crippen molar-refractivity contribution in [3.05, 3.63) is 35.4 Å². The molecule has 1 radical (unpaired) electrons. The van der Waals surface area contributed by atoms with Gasteiger partial charge >= 0.3 is 0 Å². The van der Waals surface area contributed by atoms with Crippen LogP contribution in [0.4, 0.5) is 0 Å². The van der Waals surface area contributed by atoms with Crippen LogP contribution in [0.15, 0.2) is 24.3 Å². The Morgan fingerprint density at radius 1 is 1.09 bits per heavy atom. The number of hydrogen-bond donors (Lipinski definition) is 1. The molecule has 0 atom stereocenters. The van der Waals surface area contributed by atoms with Crippen molar-refractivity contribution >= 4 is 0 Å². The zero-order valence-corrected chi connectivity index (χ0v) is 6.51. The maximum atomic E-state index is 7.09. The van der Waals surface area contributed by atoms with E-state index >= 15 is 0 Å². The molecule has 0 heterocycles. The van der Waals surface area contributed by atoms with Gasteiger partial charge in [0, 0.05) is 6.54 Å². The first kappa shape index (κ1) is 8.24. The summed E-state index contributed by atoms with van der Waals surface area (Å²) in [5.41, 5.74) is 14.8. The molecule has 0 spiro atoms. The Hall–Kier alpha value is -0.860. The fraction of sp³-hybridized carbons (Fsp3) is 0.333. The number of benzene rings is 1. The molecule has 0 aromatic heterocycles. The Morgan fingerprint density at radius 2 is 1.64 bits per heavy atom. The normalized spacial score (nSPS) is 10.0. The van der Waals surface area contributed by atoms with Gasteiger partial charge in [0.1, 0.15) is 0 Å². The molecule has 2 heteroatoms. The predicted octanol–water partition coefficient (Wildman–Crippen LogP) is 0.971. The van der Waals surface area contributed by atoms with Gasteiger partial charge in [-0.25, -0.2) is 0 Å². The van der Waals surface area contributed by atoms with E-state index in [1.165, 1.54) is 5.56 Å². The molecule has 0 saturated heterocycles. The number of nitrogens with one attached hydrogen (secondary N) is 1. The minimum absolute atomic E-state index is 0.364. The molecule has 0 bridgehead atoms. The van der Waals surface area contributed by atoms with Crippen LogP contribution in [-0.2, 0) is 13.0 Å². The van der Waals surface area contributed by atoms with Crippen molar-refractivity contribution in [3.8, 4) is 0 Å². The third kappa shape index (κ3) is 2.33. The molecule has 0 aliphatic heterocycles. The van der Waals surface area contributed by atoms with Crippen LogP contribution in [0.25, 0.3) is 0 Å². The minimum Gasteiger partial charge on any atom is -0.330 e. The molecule has 0 aliphatic rings. The van der Waals surface area contributed by atoms with E-state index in [2.05, 4.69) is 0 Å². The second-order valence-electron chi connectivity index (χ2n) is 2.53. The average Bonchev–Trinajstić information content (AvgIpc) is 2.07. The summed E-state index contributed by atoms with van der Waals surface area (Å²) in [5.74, 6) is 0. The van der Waals surface area contributed by atoms with Gasteiger partial charge in [-0.05, 0) is 24.1 Å². The first-order chi connectivity index (χ1) is 5.36. The van der Waals surface area contributed by atoms with Crippen molar-refractivity contribution in [2.75, 3.05) is 6.54 Å². The van der Waals surface area contributed by atoms with E-state index < -0.39 is 0 Å². The highest BCUT2D eigenvalue weighted by Gasteiger charge is 1.91. The van der Waals surface area contributed by atoms with E-state index in [1.807, 2.05) is 24.3 Å².